The van der Waals surface area contributed by atoms with Crippen LogP contribution in [0.2, 0.25) is 0 Å². The lowest BCUT2D eigenvalue weighted by Gasteiger charge is -2.01. The van der Waals surface area contributed by atoms with E-state index in [1.54, 1.807) is 11.6 Å². The van der Waals surface area contributed by atoms with Crippen molar-refractivity contribution >= 4 is 34.7 Å². The van der Waals surface area contributed by atoms with Crippen LogP contribution in [-0.4, -0.2) is 19.9 Å². The number of aromatic nitrogens is 3. The predicted molar refractivity (Wildman–Crippen MR) is 62.7 cm³/mol. The first-order valence-electron chi connectivity index (χ1n) is 4.26. The molecule has 2 heterocycles. The highest BCUT2D eigenvalue weighted by atomic mass is 32.2. The number of nitrogens with zero attached hydrogens (tertiary/aromatic N) is 4. The summed E-state index contributed by atoms with van der Waals surface area (Å²) in [5.74, 6) is 5.27. The number of hydrogen-bond donors (Lipinski definition) is 2. The molecule has 2 aromatic heterocycles. The summed E-state index contributed by atoms with van der Waals surface area (Å²) in [5.41, 5.74) is 2.06. The van der Waals surface area contributed by atoms with Crippen molar-refractivity contribution in [2.24, 2.45) is 5.84 Å². The van der Waals surface area contributed by atoms with E-state index in [0.29, 0.717) is 4.34 Å². The van der Waals surface area contributed by atoms with Gasteiger partial charge in [-0.1, -0.05) is 0 Å². The van der Waals surface area contributed by atoms with Crippen molar-refractivity contribution < 1.29 is 4.92 Å². The van der Waals surface area contributed by atoms with E-state index in [-0.39, 0.29) is 16.7 Å². The van der Waals surface area contributed by atoms with Crippen LogP contribution in [0.1, 0.15) is 0 Å². The highest BCUT2D eigenvalue weighted by Crippen LogP contribution is 2.33. The van der Waals surface area contributed by atoms with Crippen LogP contribution in [0.3, 0.4) is 0 Å². The molecule has 17 heavy (non-hydrogen) atoms. The Morgan fingerprint density at radius 1 is 1.53 bits per heavy atom. The molecule has 0 saturated heterocycles. The highest BCUT2D eigenvalue weighted by molar-refractivity contribution is 8.01. The van der Waals surface area contributed by atoms with Gasteiger partial charge in [-0.15, -0.1) is 11.3 Å². The maximum atomic E-state index is 10.8. The lowest BCUT2D eigenvalue weighted by Crippen LogP contribution is -2.11. The molecule has 0 radical (unpaired) electrons. The molecule has 0 atom stereocenters. The standard InChI is InChI=1S/C7H6N6O2S2/c8-12-6-10-3-4(13(14)15)5(11-6)17-7-9-1-2-16-7/h1-3H,8H2,(H,10,11,12). The molecule has 0 saturated carbocycles. The second-order valence-electron chi connectivity index (χ2n) is 2.69. The first-order chi connectivity index (χ1) is 8.20. The topological polar surface area (TPSA) is 120 Å². The summed E-state index contributed by atoms with van der Waals surface area (Å²) in [6, 6.07) is 0. The van der Waals surface area contributed by atoms with Crippen LogP contribution in [-0.2, 0) is 0 Å². The molecule has 8 nitrogen and oxygen atoms in total. The van der Waals surface area contributed by atoms with Crippen molar-refractivity contribution in [2.75, 3.05) is 5.43 Å². The third kappa shape index (κ3) is 2.67. The first-order valence-corrected chi connectivity index (χ1v) is 5.95. The second-order valence-corrected chi connectivity index (χ2v) is 4.82. The number of nitro groups is 1. The maximum Gasteiger partial charge on any atom is 0.320 e. The lowest BCUT2D eigenvalue weighted by atomic mass is 10.5. The minimum atomic E-state index is -0.545. The van der Waals surface area contributed by atoms with Crippen molar-refractivity contribution in [1.82, 2.24) is 15.0 Å². The molecule has 2 rings (SSSR count). The number of nitrogens with one attached hydrogen (secondary N) is 1. The smallest absolute Gasteiger partial charge is 0.292 e. The average molecular weight is 270 g/mol. The van der Waals surface area contributed by atoms with Crippen molar-refractivity contribution in [2.45, 2.75) is 9.37 Å². The Bertz CT molecular complexity index is 531. The maximum absolute atomic E-state index is 10.8. The fourth-order valence-corrected chi connectivity index (χ4v) is 2.57. The molecule has 0 aromatic carbocycles. The zero-order valence-electron chi connectivity index (χ0n) is 8.23. The van der Waals surface area contributed by atoms with Gasteiger partial charge in [-0.05, 0) is 11.8 Å². The molecule has 0 unspecified atom stereocenters. The Kier molecular flexibility index (Phi) is 3.46. The monoisotopic (exact) mass is 270 g/mol. The number of nitrogens with two attached hydrogens (primary N) is 1. The quantitative estimate of drug-likeness (QED) is 0.369. The summed E-state index contributed by atoms with van der Waals surface area (Å²) in [6.45, 7) is 0. The van der Waals surface area contributed by atoms with Gasteiger partial charge in [0.15, 0.2) is 9.37 Å². The van der Waals surface area contributed by atoms with Crippen LogP contribution in [0.4, 0.5) is 11.6 Å². The molecule has 0 bridgehead atoms. The SMILES string of the molecule is NNc1ncc([N+](=O)[O-])c(Sc2nccs2)n1. The lowest BCUT2D eigenvalue weighted by molar-refractivity contribution is -0.388. The zero-order chi connectivity index (χ0) is 12.3. The number of hydrogen-bond acceptors (Lipinski definition) is 9. The van der Waals surface area contributed by atoms with E-state index < -0.39 is 4.92 Å². The Labute approximate surface area is 103 Å². The average Bonchev–Trinajstić information content (AvgIpc) is 2.81. The van der Waals surface area contributed by atoms with E-state index in [2.05, 4.69) is 20.4 Å². The predicted octanol–water partition coefficient (Wildman–Crippen LogP) is 1.28. The summed E-state index contributed by atoms with van der Waals surface area (Å²) in [5, 5.41) is 12.8. The number of thiazole rings is 1. The second kappa shape index (κ2) is 5.03. The summed E-state index contributed by atoms with van der Waals surface area (Å²) in [6.07, 6.45) is 2.72. The van der Waals surface area contributed by atoms with Crippen molar-refractivity contribution in [3.8, 4) is 0 Å². The summed E-state index contributed by atoms with van der Waals surface area (Å²) < 4.78 is 0.662. The largest absolute Gasteiger partial charge is 0.320 e. The highest BCUT2D eigenvalue weighted by Gasteiger charge is 2.19. The molecule has 0 spiro atoms. The molecule has 2 aromatic rings. The molecular formula is C7H6N6O2S2. The van der Waals surface area contributed by atoms with Crippen molar-refractivity contribution in [3.63, 3.8) is 0 Å². The third-order valence-corrected chi connectivity index (χ3v) is 3.53. The van der Waals surface area contributed by atoms with Crippen LogP contribution < -0.4 is 11.3 Å². The summed E-state index contributed by atoms with van der Waals surface area (Å²) in [4.78, 5) is 21.9. The van der Waals surface area contributed by atoms with Gasteiger partial charge in [0.25, 0.3) is 0 Å². The van der Waals surface area contributed by atoms with Gasteiger partial charge >= 0.3 is 5.69 Å². The number of rotatable bonds is 4. The number of anilines is 1. The van der Waals surface area contributed by atoms with E-state index in [0.717, 1.165) is 18.0 Å². The number of nitrogen functional groups attached to an aromatic ring is 1. The molecule has 3 N–H and O–H groups in total. The molecule has 88 valence electrons. The molecular weight excluding hydrogens is 264 g/mol. The van der Waals surface area contributed by atoms with Crippen molar-refractivity contribution in [3.05, 3.63) is 27.9 Å². The van der Waals surface area contributed by atoms with Gasteiger partial charge in [0, 0.05) is 11.6 Å². The van der Waals surface area contributed by atoms with Crippen molar-refractivity contribution in [1.29, 1.82) is 0 Å². The molecule has 0 aliphatic heterocycles. The Morgan fingerprint density at radius 3 is 2.94 bits per heavy atom. The summed E-state index contributed by atoms with van der Waals surface area (Å²) in [7, 11) is 0. The molecule has 0 fully saturated rings. The molecule has 0 aliphatic rings. The Morgan fingerprint density at radius 2 is 2.35 bits per heavy atom. The van der Waals surface area contributed by atoms with E-state index in [1.807, 2.05) is 0 Å². The Balaban J connectivity index is 2.38. The fourth-order valence-electron chi connectivity index (χ4n) is 0.973. The zero-order valence-corrected chi connectivity index (χ0v) is 9.86. The van der Waals surface area contributed by atoms with Crippen LogP contribution in [0.15, 0.2) is 27.1 Å². The minimum Gasteiger partial charge on any atom is -0.292 e. The Hall–Kier alpha value is -1.78. The van der Waals surface area contributed by atoms with E-state index in [4.69, 9.17) is 5.84 Å². The fraction of sp³-hybridized carbons (Fsp3) is 0. The number of hydrazine groups is 1. The van der Waals surface area contributed by atoms with E-state index in [1.165, 1.54) is 11.3 Å². The van der Waals surface area contributed by atoms with Crippen LogP contribution >= 0.6 is 23.1 Å². The normalized spacial score (nSPS) is 10.2. The molecule has 0 aliphatic carbocycles. The minimum absolute atomic E-state index is 0.120. The van der Waals surface area contributed by atoms with Crippen LogP contribution in [0.25, 0.3) is 0 Å². The van der Waals surface area contributed by atoms with Gasteiger partial charge in [-0.25, -0.2) is 15.8 Å². The molecule has 10 heteroatoms. The van der Waals surface area contributed by atoms with Gasteiger partial charge in [0.2, 0.25) is 5.95 Å². The van der Waals surface area contributed by atoms with E-state index >= 15 is 0 Å². The van der Waals surface area contributed by atoms with Crippen LogP contribution in [0.5, 0.6) is 0 Å². The molecule has 0 amide bonds. The van der Waals surface area contributed by atoms with Gasteiger partial charge < -0.3 is 0 Å². The van der Waals surface area contributed by atoms with E-state index in [9.17, 15) is 10.1 Å². The van der Waals surface area contributed by atoms with Gasteiger partial charge in [0.05, 0.1) is 4.92 Å². The van der Waals surface area contributed by atoms with Crippen LogP contribution in [0, 0.1) is 10.1 Å². The van der Waals surface area contributed by atoms with Gasteiger partial charge in [-0.3, -0.25) is 15.5 Å². The van der Waals surface area contributed by atoms with Gasteiger partial charge in [0.1, 0.15) is 6.20 Å². The third-order valence-electron chi connectivity index (χ3n) is 1.66. The first kappa shape index (κ1) is 11.7. The summed E-state index contributed by atoms with van der Waals surface area (Å²) >= 11 is 2.47. The van der Waals surface area contributed by atoms with Gasteiger partial charge in [-0.2, -0.15) is 4.98 Å².